The largest absolute Gasteiger partial charge is 0.508 e. The van der Waals surface area contributed by atoms with Crippen LogP contribution in [-0.4, -0.2) is 10.6 Å². The molecule has 2 nitrogen and oxygen atoms in total. The van der Waals surface area contributed by atoms with Crippen LogP contribution in [0.15, 0.2) is 16.6 Å². The Hall–Kier alpha value is -0.540. The van der Waals surface area contributed by atoms with E-state index in [1.54, 1.807) is 6.07 Å². The summed E-state index contributed by atoms with van der Waals surface area (Å²) in [6.45, 7) is 2.00. The fourth-order valence-corrected chi connectivity index (χ4v) is 2.00. The Morgan fingerprint density at radius 3 is 2.71 bits per heavy atom. The highest BCUT2D eigenvalue weighted by molar-refractivity contribution is 9.10. The molecule has 0 heterocycles. The number of halogens is 1. The zero-order valence-electron chi connectivity index (χ0n) is 8.18. The molecule has 3 N–H and O–H groups in total. The van der Waals surface area contributed by atoms with Gasteiger partial charge in [0.1, 0.15) is 5.75 Å². The summed E-state index contributed by atoms with van der Waals surface area (Å²) in [5.74, 6) is 0.363. The highest BCUT2D eigenvalue weighted by Gasteiger charge is 2.39. The first-order chi connectivity index (χ1) is 6.52. The molecule has 1 aromatic rings. The first-order valence-electron chi connectivity index (χ1n) is 4.78. The quantitative estimate of drug-likeness (QED) is 0.853. The summed E-state index contributed by atoms with van der Waals surface area (Å²) in [6.07, 6.45) is 2.92. The minimum Gasteiger partial charge on any atom is -0.508 e. The molecule has 14 heavy (non-hydrogen) atoms. The van der Waals surface area contributed by atoms with Crippen molar-refractivity contribution in [1.29, 1.82) is 0 Å². The van der Waals surface area contributed by atoms with Crippen molar-refractivity contribution in [2.45, 2.75) is 31.7 Å². The SMILES string of the molecule is Cc1c(Br)ccc(O)c1CC1(N)CC1. The van der Waals surface area contributed by atoms with E-state index in [9.17, 15) is 5.11 Å². The lowest BCUT2D eigenvalue weighted by atomic mass is 9.99. The van der Waals surface area contributed by atoms with E-state index in [0.29, 0.717) is 5.75 Å². The fraction of sp³-hybridized carbons (Fsp3) is 0.455. The van der Waals surface area contributed by atoms with Crippen molar-refractivity contribution in [2.24, 2.45) is 5.73 Å². The van der Waals surface area contributed by atoms with Crippen LogP contribution < -0.4 is 5.73 Å². The average Bonchev–Trinajstić information content (AvgIpc) is 2.86. The highest BCUT2D eigenvalue weighted by Crippen LogP contribution is 2.39. The zero-order chi connectivity index (χ0) is 10.3. The standard InChI is InChI=1S/C11H14BrNO/c1-7-8(6-11(13)4-5-11)10(14)3-2-9(7)12/h2-3,14H,4-6,13H2,1H3. The van der Waals surface area contributed by atoms with Gasteiger partial charge in [-0.3, -0.25) is 0 Å². The van der Waals surface area contributed by atoms with Crippen LogP contribution in [0.3, 0.4) is 0 Å². The van der Waals surface area contributed by atoms with Gasteiger partial charge in [0, 0.05) is 10.0 Å². The molecule has 76 valence electrons. The molecule has 0 atom stereocenters. The van der Waals surface area contributed by atoms with Crippen LogP contribution in [0.2, 0.25) is 0 Å². The van der Waals surface area contributed by atoms with Crippen LogP contribution in [0.5, 0.6) is 5.75 Å². The van der Waals surface area contributed by atoms with Crippen molar-refractivity contribution in [3.8, 4) is 5.75 Å². The van der Waals surface area contributed by atoms with E-state index >= 15 is 0 Å². The van der Waals surface area contributed by atoms with E-state index in [-0.39, 0.29) is 5.54 Å². The third-order valence-electron chi connectivity index (χ3n) is 2.93. The number of hydrogen-bond donors (Lipinski definition) is 2. The van der Waals surface area contributed by atoms with Crippen LogP contribution in [0.1, 0.15) is 24.0 Å². The molecule has 1 fully saturated rings. The number of aromatic hydroxyl groups is 1. The van der Waals surface area contributed by atoms with Crippen molar-refractivity contribution < 1.29 is 5.11 Å². The minimum atomic E-state index is -0.0525. The van der Waals surface area contributed by atoms with E-state index in [1.165, 1.54) is 0 Å². The Morgan fingerprint density at radius 1 is 1.50 bits per heavy atom. The summed E-state index contributed by atoms with van der Waals surface area (Å²) >= 11 is 3.46. The molecule has 2 rings (SSSR count). The molecule has 0 unspecified atom stereocenters. The number of phenols is 1. The van der Waals surface area contributed by atoms with E-state index in [2.05, 4.69) is 15.9 Å². The van der Waals surface area contributed by atoms with Gasteiger partial charge in [0.05, 0.1) is 0 Å². The molecule has 1 saturated carbocycles. The molecule has 3 heteroatoms. The molecule has 0 amide bonds. The lowest BCUT2D eigenvalue weighted by Gasteiger charge is -2.14. The lowest BCUT2D eigenvalue weighted by Crippen LogP contribution is -2.25. The first kappa shape index (κ1) is 9.99. The van der Waals surface area contributed by atoms with Gasteiger partial charge in [-0.1, -0.05) is 15.9 Å². The predicted octanol–water partition coefficient (Wildman–Crippen LogP) is 2.50. The highest BCUT2D eigenvalue weighted by atomic mass is 79.9. The van der Waals surface area contributed by atoms with Gasteiger partial charge in [-0.25, -0.2) is 0 Å². The molecule has 0 radical (unpaired) electrons. The van der Waals surface area contributed by atoms with Gasteiger partial charge in [-0.2, -0.15) is 0 Å². The maximum Gasteiger partial charge on any atom is 0.119 e. The minimum absolute atomic E-state index is 0.0525. The van der Waals surface area contributed by atoms with Gasteiger partial charge in [0.25, 0.3) is 0 Å². The Balaban J connectivity index is 2.35. The van der Waals surface area contributed by atoms with Gasteiger partial charge >= 0.3 is 0 Å². The summed E-state index contributed by atoms with van der Waals surface area (Å²) in [6, 6.07) is 3.59. The molecule has 0 bridgehead atoms. The number of rotatable bonds is 2. The maximum absolute atomic E-state index is 9.73. The first-order valence-corrected chi connectivity index (χ1v) is 5.57. The molecular formula is C11H14BrNO. The smallest absolute Gasteiger partial charge is 0.119 e. The molecule has 0 saturated heterocycles. The Labute approximate surface area is 92.3 Å². The van der Waals surface area contributed by atoms with Gasteiger partial charge < -0.3 is 10.8 Å². The maximum atomic E-state index is 9.73. The second-order valence-electron chi connectivity index (χ2n) is 4.21. The predicted molar refractivity (Wildman–Crippen MR) is 60.4 cm³/mol. The van der Waals surface area contributed by atoms with Crippen molar-refractivity contribution in [2.75, 3.05) is 0 Å². The van der Waals surface area contributed by atoms with Gasteiger partial charge in [-0.15, -0.1) is 0 Å². The van der Waals surface area contributed by atoms with Crippen LogP contribution >= 0.6 is 15.9 Å². The second kappa shape index (κ2) is 3.24. The topological polar surface area (TPSA) is 46.2 Å². The van der Waals surface area contributed by atoms with E-state index in [1.807, 2.05) is 13.0 Å². The molecule has 0 aromatic heterocycles. The van der Waals surface area contributed by atoms with Gasteiger partial charge in [0.2, 0.25) is 0 Å². The lowest BCUT2D eigenvalue weighted by molar-refractivity contribution is 0.462. The van der Waals surface area contributed by atoms with E-state index < -0.39 is 0 Å². The summed E-state index contributed by atoms with van der Waals surface area (Å²) < 4.78 is 1.04. The number of hydrogen-bond acceptors (Lipinski definition) is 2. The van der Waals surface area contributed by atoms with Crippen LogP contribution in [0.4, 0.5) is 0 Å². The molecule has 1 aliphatic carbocycles. The summed E-state index contributed by atoms with van der Waals surface area (Å²) in [7, 11) is 0. The molecule has 1 aliphatic rings. The monoisotopic (exact) mass is 255 g/mol. The Kier molecular flexibility index (Phi) is 2.32. The van der Waals surface area contributed by atoms with Crippen LogP contribution in [0.25, 0.3) is 0 Å². The van der Waals surface area contributed by atoms with Gasteiger partial charge in [-0.05, 0) is 49.4 Å². The number of benzene rings is 1. The third kappa shape index (κ3) is 1.79. The summed E-state index contributed by atoms with van der Waals surface area (Å²) in [5.41, 5.74) is 8.07. The summed E-state index contributed by atoms with van der Waals surface area (Å²) in [5, 5.41) is 9.73. The number of phenolic OH excluding ortho intramolecular Hbond substituents is 1. The zero-order valence-corrected chi connectivity index (χ0v) is 9.76. The average molecular weight is 256 g/mol. The summed E-state index contributed by atoms with van der Waals surface area (Å²) in [4.78, 5) is 0. The Morgan fingerprint density at radius 2 is 2.14 bits per heavy atom. The third-order valence-corrected chi connectivity index (χ3v) is 3.79. The fourth-order valence-electron chi connectivity index (χ4n) is 1.63. The Bertz CT molecular complexity index is 372. The molecular weight excluding hydrogens is 242 g/mol. The van der Waals surface area contributed by atoms with Crippen molar-refractivity contribution >= 4 is 15.9 Å². The van der Waals surface area contributed by atoms with Crippen molar-refractivity contribution in [3.63, 3.8) is 0 Å². The normalized spacial score (nSPS) is 18.2. The van der Waals surface area contributed by atoms with Gasteiger partial charge in [0.15, 0.2) is 0 Å². The molecule has 0 aliphatic heterocycles. The second-order valence-corrected chi connectivity index (χ2v) is 5.06. The van der Waals surface area contributed by atoms with Crippen molar-refractivity contribution in [1.82, 2.24) is 0 Å². The number of nitrogens with two attached hydrogens (primary N) is 1. The van der Waals surface area contributed by atoms with Crippen LogP contribution in [-0.2, 0) is 6.42 Å². The van der Waals surface area contributed by atoms with E-state index in [4.69, 9.17) is 5.73 Å². The molecule has 1 aromatic carbocycles. The van der Waals surface area contributed by atoms with E-state index in [0.717, 1.165) is 34.9 Å². The molecule has 0 spiro atoms. The van der Waals surface area contributed by atoms with Crippen LogP contribution in [0, 0.1) is 6.92 Å². The van der Waals surface area contributed by atoms with Crippen molar-refractivity contribution in [3.05, 3.63) is 27.7 Å².